The summed E-state index contributed by atoms with van der Waals surface area (Å²) >= 11 is 1.16. The summed E-state index contributed by atoms with van der Waals surface area (Å²) < 4.78 is 10.5. The monoisotopic (exact) mass is 1390 g/mol. The Labute approximate surface area is 582 Å². The molecule has 1 rings (SSSR count). The number of carbonyl (C=O) groups excluding carboxylic acids is 12. The fourth-order valence-electron chi connectivity index (χ4n) is 11.6. The maximum atomic E-state index is 15.4. The van der Waals surface area contributed by atoms with Crippen molar-refractivity contribution in [2.75, 3.05) is 80.7 Å². The lowest BCUT2D eigenvalue weighted by Gasteiger charge is -2.41. The Bertz CT molecular complexity index is 2670. The summed E-state index contributed by atoms with van der Waals surface area (Å²) in [4.78, 5) is 184. The molecule has 13 atom stereocenters. The highest BCUT2D eigenvalue weighted by atomic mass is 32.2. The molecule has 1 aliphatic heterocycles. The van der Waals surface area contributed by atoms with E-state index in [0.717, 1.165) is 26.5 Å². The van der Waals surface area contributed by atoms with E-state index >= 15 is 28.8 Å². The van der Waals surface area contributed by atoms with E-state index in [4.69, 9.17) is 9.47 Å². The molecule has 0 radical (unpaired) electrons. The number of aliphatic hydroxyl groups excluding tert-OH is 1. The summed E-state index contributed by atoms with van der Waals surface area (Å²) in [7, 11) is 9.65. The predicted molar refractivity (Wildman–Crippen MR) is 374 cm³/mol. The second kappa shape index (κ2) is 41.2. The molecule has 1 fully saturated rings. The zero-order chi connectivity index (χ0) is 75.0. The van der Waals surface area contributed by atoms with Gasteiger partial charge in [-0.1, -0.05) is 95.2 Å². The summed E-state index contributed by atoms with van der Waals surface area (Å²) in [5, 5.41) is 34.6. The van der Waals surface area contributed by atoms with Gasteiger partial charge in [0.25, 0.3) is 0 Å². The van der Waals surface area contributed by atoms with Crippen LogP contribution in [0.3, 0.4) is 0 Å². The minimum absolute atomic E-state index is 0.0137. The fraction of sp³-hybridized carbons (Fsp3) is 0.797. The first-order chi connectivity index (χ1) is 44.9. The minimum atomic E-state index is -1.70. The largest absolute Gasteiger partial charge is 0.464 e. The highest BCUT2D eigenvalue weighted by Gasteiger charge is 2.47. The lowest BCUT2D eigenvalue weighted by Crippen LogP contribution is -2.64. The van der Waals surface area contributed by atoms with Gasteiger partial charge < -0.3 is 75.3 Å². The zero-order valence-electron chi connectivity index (χ0n) is 63.0. The highest BCUT2D eigenvalue weighted by molar-refractivity contribution is 7.99. The van der Waals surface area contributed by atoms with Gasteiger partial charge in [0.15, 0.2) is 0 Å². The van der Waals surface area contributed by atoms with Crippen molar-refractivity contribution in [3.8, 4) is 0 Å². The van der Waals surface area contributed by atoms with Crippen LogP contribution in [0.1, 0.15) is 163 Å². The predicted octanol–water partition coefficient (Wildman–Crippen LogP) is 3.07. The van der Waals surface area contributed by atoms with Crippen LogP contribution in [0.2, 0.25) is 0 Å². The molecule has 1 saturated heterocycles. The number of carbonyl (C=O) groups is 12. The molecule has 28 heteroatoms. The molecule has 0 aromatic rings. The van der Waals surface area contributed by atoms with E-state index in [1.165, 1.54) is 96.6 Å². The topological polar surface area (TPSA) is 335 Å². The normalized spacial score (nSPS) is 25.9. The Morgan fingerprint density at radius 2 is 1.00 bits per heavy atom. The van der Waals surface area contributed by atoms with E-state index in [-0.39, 0.29) is 81.2 Å². The van der Waals surface area contributed by atoms with Crippen LogP contribution in [0.15, 0.2) is 12.2 Å². The molecular weight excluding hydrogens is 1270 g/mol. The molecule has 0 aromatic carbocycles. The molecule has 0 unspecified atom stereocenters. The van der Waals surface area contributed by atoms with Gasteiger partial charge in [-0.3, -0.25) is 52.7 Å². The fourth-order valence-corrected chi connectivity index (χ4v) is 12.6. The second-order valence-corrected chi connectivity index (χ2v) is 29.8. The number of esters is 1. The Hall–Kier alpha value is -6.39. The number of thioether (sulfide) groups is 1. The number of ether oxygens (including phenoxy) is 2. The molecule has 0 bridgehead atoms. The van der Waals surface area contributed by atoms with Gasteiger partial charge in [0.2, 0.25) is 65.0 Å². The number of likely N-dealkylation sites (N-methyl/N-ethyl adjacent to an activating group) is 7. The summed E-state index contributed by atoms with van der Waals surface area (Å²) in [5.41, 5.74) is -1.63. The molecule has 1 heterocycles. The minimum Gasteiger partial charge on any atom is -0.464 e. The van der Waals surface area contributed by atoms with Crippen LogP contribution in [-0.4, -0.2) is 274 Å². The molecule has 97 heavy (non-hydrogen) atoms. The molecule has 6 N–H and O–H groups in total. The number of allylic oxidation sites excluding steroid dienone is 2. The van der Waals surface area contributed by atoms with E-state index < -0.39 is 173 Å². The first-order valence-corrected chi connectivity index (χ1v) is 35.4. The quantitative estimate of drug-likeness (QED) is 0.0486. The SMILES string of the molecule is CC=CC[C@@H](C)[C@@H](O)[C@H]1C(=O)N[C@@H](CC)C(=O)N(C)[C@H](CSCCOCC(=O)OCC)C(=O)N(C)[C@@H](CC(C)(C)O)C(=O)N[C@@H](C(C)C)C(=O)N(C)[C@@H](CC(C)C)C(=O)N[C@@H](C)C(=O)N[C@H](C)C(=O)N(C)[C@@H](CC(C)C)C(=O)N(C)[C@@H](CC(C)C)C(=O)N(C)[C@@H](C(C)C)C(=O)N1C. The number of hydrogen-bond donors (Lipinski definition) is 6. The van der Waals surface area contributed by atoms with Gasteiger partial charge in [0, 0.05) is 67.3 Å². The third-order valence-electron chi connectivity index (χ3n) is 17.6. The van der Waals surface area contributed by atoms with Crippen molar-refractivity contribution in [3.63, 3.8) is 0 Å². The van der Waals surface area contributed by atoms with Crippen LogP contribution in [0, 0.1) is 35.5 Å². The van der Waals surface area contributed by atoms with Crippen molar-refractivity contribution in [1.29, 1.82) is 0 Å². The summed E-state index contributed by atoms with van der Waals surface area (Å²) in [5.74, 6) is -11.4. The number of rotatable bonds is 23. The van der Waals surface area contributed by atoms with Crippen LogP contribution >= 0.6 is 11.8 Å². The van der Waals surface area contributed by atoms with Gasteiger partial charge in [0.05, 0.1) is 24.9 Å². The van der Waals surface area contributed by atoms with Crippen molar-refractivity contribution >= 4 is 82.7 Å². The smallest absolute Gasteiger partial charge is 0.332 e. The van der Waals surface area contributed by atoms with E-state index in [1.54, 1.807) is 67.5 Å². The van der Waals surface area contributed by atoms with Crippen LogP contribution in [0.25, 0.3) is 0 Å². The van der Waals surface area contributed by atoms with Crippen molar-refractivity contribution in [1.82, 2.24) is 55.6 Å². The van der Waals surface area contributed by atoms with Gasteiger partial charge in [-0.05, 0) is 109 Å². The van der Waals surface area contributed by atoms with Gasteiger partial charge >= 0.3 is 5.97 Å². The van der Waals surface area contributed by atoms with Gasteiger partial charge in [0.1, 0.15) is 73.1 Å². The maximum Gasteiger partial charge on any atom is 0.332 e. The molecule has 11 amide bonds. The average Bonchev–Trinajstić information content (AvgIpc) is 0.810. The number of hydrogen-bond acceptors (Lipinski definition) is 17. The number of amides is 11. The third kappa shape index (κ3) is 26.7. The van der Waals surface area contributed by atoms with Crippen LogP contribution in [0.4, 0.5) is 0 Å². The number of nitrogens with zero attached hydrogens (tertiary/aromatic N) is 7. The Morgan fingerprint density at radius 3 is 1.48 bits per heavy atom. The van der Waals surface area contributed by atoms with Crippen molar-refractivity contribution < 1.29 is 77.2 Å². The van der Waals surface area contributed by atoms with Crippen molar-refractivity contribution in [2.45, 2.75) is 241 Å². The zero-order valence-corrected chi connectivity index (χ0v) is 63.8. The molecule has 27 nitrogen and oxygen atoms in total. The average molecular weight is 1390 g/mol. The highest BCUT2D eigenvalue weighted by Crippen LogP contribution is 2.27. The lowest BCUT2D eigenvalue weighted by atomic mass is 9.91. The third-order valence-corrected chi connectivity index (χ3v) is 18.6. The molecule has 1 aliphatic rings. The van der Waals surface area contributed by atoms with Gasteiger partial charge in [-0.15, -0.1) is 0 Å². The van der Waals surface area contributed by atoms with Crippen molar-refractivity contribution in [2.24, 2.45) is 35.5 Å². The Kier molecular flexibility index (Phi) is 37.7. The van der Waals surface area contributed by atoms with Crippen LogP contribution in [-0.2, 0) is 67.0 Å². The first kappa shape index (κ1) is 88.6. The van der Waals surface area contributed by atoms with E-state index in [1.807, 2.05) is 41.5 Å². The second-order valence-electron chi connectivity index (χ2n) is 28.6. The molecule has 0 saturated carbocycles. The standard InChI is InChI=1S/C69H123N11O16S/c1-26-29-30-44(14)57(82)56-61(86)72-47(27-2)63(88)78(23)52(38-97-32-31-95-37-53(81)96-28-3)66(91)77(22)51(36-69(17,18)94)60(85)73-54(42(10)11)67(92)74(19)48(33-39(4)5)59(84)70-45(15)58(83)71-46(16)62(87)75(20)49(34-40(6)7)64(89)76(21)50(35-41(8)9)65(90)79(24)55(43(12)13)68(93)80(56)25/h26,29,39-52,54-57,82,94H,27-28,30-38H2,1-25H3,(H,70,84)(H,71,83)(H,72,86)(H,73,85)/t44-,45+,46-,47+,48+,49+,50+,51+,52-,54+,55+,56+,57-/m1/s1. The maximum absolute atomic E-state index is 15.4. The number of nitrogens with one attached hydrogen (secondary N) is 4. The van der Waals surface area contributed by atoms with Crippen molar-refractivity contribution in [3.05, 3.63) is 12.2 Å². The van der Waals surface area contributed by atoms with E-state index in [2.05, 4.69) is 21.3 Å². The van der Waals surface area contributed by atoms with Crippen LogP contribution < -0.4 is 21.3 Å². The van der Waals surface area contributed by atoms with Gasteiger partial charge in [-0.25, -0.2) is 4.79 Å². The van der Waals surface area contributed by atoms with Crippen LogP contribution in [0.5, 0.6) is 0 Å². The molecule has 0 aliphatic carbocycles. The summed E-state index contributed by atoms with van der Waals surface area (Å²) in [6, 6.07) is -14.9. The Morgan fingerprint density at radius 1 is 0.546 bits per heavy atom. The first-order valence-electron chi connectivity index (χ1n) is 34.3. The summed E-state index contributed by atoms with van der Waals surface area (Å²) in [6.07, 6.45) is 2.09. The molecule has 0 aromatic heterocycles. The van der Waals surface area contributed by atoms with E-state index in [0.29, 0.717) is 0 Å². The Balaban J connectivity index is 4.57. The lowest BCUT2D eigenvalue weighted by molar-refractivity contribution is -0.157. The summed E-state index contributed by atoms with van der Waals surface area (Å²) in [6.45, 7) is 30.0. The molecule has 556 valence electrons. The van der Waals surface area contributed by atoms with E-state index in [9.17, 15) is 39.0 Å². The molecular formula is C69H123N11O16S. The number of aliphatic hydroxyl groups is 2. The van der Waals surface area contributed by atoms with Gasteiger partial charge in [-0.2, -0.15) is 11.8 Å². The molecule has 0 spiro atoms.